The van der Waals surface area contributed by atoms with Crippen molar-refractivity contribution in [1.29, 1.82) is 0 Å². The molecule has 0 radical (unpaired) electrons. The number of rotatable bonds is 5. The summed E-state index contributed by atoms with van der Waals surface area (Å²) in [6.45, 7) is 6.72. The van der Waals surface area contributed by atoms with Crippen LogP contribution in [0.1, 0.15) is 33.0 Å². The summed E-state index contributed by atoms with van der Waals surface area (Å²) < 4.78 is 12.4. The topological polar surface area (TPSA) is 112 Å². The SMILES string of the molecule is COCc1nc2c(N3CC[C@H](NC(=O)OC(C)(C)C)C3)c([N+](=O)[O-])ccc2n1C. The Morgan fingerprint density at radius 2 is 2.14 bits per heavy atom. The Morgan fingerprint density at radius 1 is 1.41 bits per heavy atom. The molecule has 0 saturated carbocycles. The smallest absolute Gasteiger partial charge is 0.407 e. The summed E-state index contributed by atoms with van der Waals surface area (Å²) in [7, 11) is 3.44. The number of nitro groups is 1. The lowest BCUT2D eigenvalue weighted by Crippen LogP contribution is -2.40. The number of anilines is 1. The van der Waals surface area contributed by atoms with Gasteiger partial charge in [0.15, 0.2) is 0 Å². The molecule has 1 N–H and O–H groups in total. The van der Waals surface area contributed by atoms with E-state index in [1.807, 2.05) is 16.5 Å². The molecule has 158 valence electrons. The molecule has 29 heavy (non-hydrogen) atoms. The van der Waals surface area contributed by atoms with Crippen LogP contribution in [0, 0.1) is 10.1 Å². The predicted octanol–water partition coefficient (Wildman–Crippen LogP) is 2.73. The molecule has 10 nitrogen and oxygen atoms in total. The number of carbonyl (C=O) groups is 1. The third-order valence-electron chi connectivity index (χ3n) is 4.79. The summed E-state index contributed by atoms with van der Waals surface area (Å²) in [6, 6.07) is 3.04. The first-order valence-corrected chi connectivity index (χ1v) is 9.47. The molecule has 1 aromatic heterocycles. The number of methoxy groups -OCH3 is 1. The van der Waals surface area contributed by atoms with Crippen LogP contribution in [-0.2, 0) is 23.1 Å². The van der Waals surface area contributed by atoms with Crippen LogP contribution in [0.15, 0.2) is 12.1 Å². The number of ether oxygens (including phenoxy) is 2. The summed E-state index contributed by atoms with van der Waals surface area (Å²) in [5.41, 5.74) is 1.24. The fourth-order valence-electron chi connectivity index (χ4n) is 3.56. The molecule has 0 spiro atoms. The third-order valence-corrected chi connectivity index (χ3v) is 4.79. The van der Waals surface area contributed by atoms with Crippen LogP contribution in [0.25, 0.3) is 11.0 Å². The minimum atomic E-state index is -0.585. The number of hydrogen-bond donors (Lipinski definition) is 1. The highest BCUT2D eigenvalue weighted by Crippen LogP contribution is 2.37. The van der Waals surface area contributed by atoms with Gasteiger partial charge in [-0.05, 0) is 33.3 Å². The predicted molar refractivity (Wildman–Crippen MR) is 108 cm³/mol. The van der Waals surface area contributed by atoms with Crippen LogP contribution in [0.3, 0.4) is 0 Å². The minimum absolute atomic E-state index is 0.00233. The minimum Gasteiger partial charge on any atom is -0.444 e. The molecule has 3 rings (SSSR count). The van der Waals surface area contributed by atoms with Crippen molar-refractivity contribution in [2.24, 2.45) is 7.05 Å². The molecule has 1 fully saturated rings. The zero-order valence-corrected chi connectivity index (χ0v) is 17.4. The van der Waals surface area contributed by atoms with Crippen molar-refractivity contribution < 1.29 is 19.2 Å². The summed E-state index contributed by atoms with van der Waals surface area (Å²) in [5.74, 6) is 0.687. The number of benzene rings is 1. The van der Waals surface area contributed by atoms with Gasteiger partial charge in [0.25, 0.3) is 5.69 Å². The average molecular weight is 405 g/mol. The van der Waals surface area contributed by atoms with E-state index in [0.29, 0.717) is 43.1 Å². The summed E-state index contributed by atoms with van der Waals surface area (Å²) >= 11 is 0. The number of aromatic nitrogens is 2. The average Bonchev–Trinajstić information content (AvgIpc) is 3.18. The van der Waals surface area contributed by atoms with Gasteiger partial charge in [-0.2, -0.15) is 0 Å². The number of nitrogens with zero attached hydrogens (tertiary/aromatic N) is 4. The van der Waals surface area contributed by atoms with E-state index < -0.39 is 16.6 Å². The summed E-state index contributed by atoms with van der Waals surface area (Å²) in [6.07, 6.45) is 0.169. The molecule has 0 bridgehead atoms. The van der Waals surface area contributed by atoms with Gasteiger partial charge in [0.05, 0.1) is 16.5 Å². The normalized spacial score (nSPS) is 17.0. The van der Waals surface area contributed by atoms with E-state index in [1.54, 1.807) is 33.9 Å². The Hall–Kier alpha value is -2.88. The fraction of sp³-hybridized carbons (Fsp3) is 0.579. The van der Waals surface area contributed by atoms with E-state index >= 15 is 0 Å². The van der Waals surface area contributed by atoms with Crippen LogP contribution in [0.4, 0.5) is 16.2 Å². The Kier molecular flexibility index (Phi) is 5.65. The van der Waals surface area contributed by atoms with Gasteiger partial charge in [0.1, 0.15) is 29.2 Å². The van der Waals surface area contributed by atoms with Crippen LogP contribution in [-0.4, -0.2) is 52.4 Å². The Balaban J connectivity index is 1.90. The quantitative estimate of drug-likeness (QED) is 0.601. The number of aryl methyl sites for hydroxylation is 1. The fourth-order valence-corrected chi connectivity index (χ4v) is 3.56. The summed E-state index contributed by atoms with van der Waals surface area (Å²) in [5, 5.41) is 14.5. The maximum atomic E-state index is 12.1. The van der Waals surface area contributed by atoms with Gasteiger partial charge < -0.3 is 24.3 Å². The lowest BCUT2D eigenvalue weighted by Gasteiger charge is -2.22. The van der Waals surface area contributed by atoms with E-state index in [-0.39, 0.29) is 11.7 Å². The van der Waals surface area contributed by atoms with Gasteiger partial charge in [-0.25, -0.2) is 9.78 Å². The molecule has 1 aliphatic heterocycles. The first-order valence-electron chi connectivity index (χ1n) is 9.47. The van der Waals surface area contributed by atoms with E-state index in [0.717, 1.165) is 5.52 Å². The zero-order valence-electron chi connectivity index (χ0n) is 17.4. The zero-order chi connectivity index (χ0) is 21.3. The first kappa shape index (κ1) is 20.8. The molecule has 1 atom stereocenters. The maximum absolute atomic E-state index is 12.1. The largest absolute Gasteiger partial charge is 0.444 e. The van der Waals surface area contributed by atoms with E-state index in [2.05, 4.69) is 10.3 Å². The number of hydrogen-bond acceptors (Lipinski definition) is 7. The van der Waals surface area contributed by atoms with Crippen LogP contribution < -0.4 is 10.2 Å². The molecule has 0 unspecified atom stereocenters. The molecule has 1 saturated heterocycles. The molecule has 0 aliphatic carbocycles. The van der Waals surface area contributed by atoms with E-state index in [4.69, 9.17) is 9.47 Å². The molecule has 2 heterocycles. The van der Waals surface area contributed by atoms with Crippen molar-refractivity contribution in [2.75, 3.05) is 25.1 Å². The van der Waals surface area contributed by atoms with Crippen molar-refractivity contribution in [3.8, 4) is 0 Å². The highest BCUT2D eigenvalue weighted by Gasteiger charge is 2.32. The second-order valence-electron chi connectivity index (χ2n) is 8.16. The van der Waals surface area contributed by atoms with Crippen molar-refractivity contribution in [3.63, 3.8) is 0 Å². The Morgan fingerprint density at radius 3 is 2.76 bits per heavy atom. The first-order chi connectivity index (χ1) is 13.6. The number of fused-ring (bicyclic) bond motifs is 1. The molecule has 2 aromatic rings. The number of amides is 1. The van der Waals surface area contributed by atoms with Crippen LogP contribution in [0.5, 0.6) is 0 Å². The highest BCUT2D eigenvalue weighted by molar-refractivity contribution is 5.95. The summed E-state index contributed by atoms with van der Waals surface area (Å²) in [4.78, 5) is 29.9. The van der Waals surface area contributed by atoms with E-state index in [1.165, 1.54) is 6.07 Å². The monoisotopic (exact) mass is 405 g/mol. The Bertz CT molecular complexity index is 933. The number of carbonyl (C=O) groups excluding carboxylic acids is 1. The second-order valence-corrected chi connectivity index (χ2v) is 8.16. The van der Waals surface area contributed by atoms with E-state index in [9.17, 15) is 14.9 Å². The highest BCUT2D eigenvalue weighted by atomic mass is 16.6. The number of nitro benzene ring substituents is 1. The van der Waals surface area contributed by atoms with Crippen LogP contribution in [0.2, 0.25) is 0 Å². The molecule has 10 heteroatoms. The second kappa shape index (κ2) is 7.86. The van der Waals surface area contributed by atoms with Crippen LogP contribution >= 0.6 is 0 Å². The van der Waals surface area contributed by atoms with Gasteiger partial charge in [0, 0.05) is 33.3 Å². The lowest BCUT2D eigenvalue weighted by molar-refractivity contribution is -0.384. The number of nitrogens with one attached hydrogen (secondary N) is 1. The van der Waals surface area contributed by atoms with Gasteiger partial charge in [-0.15, -0.1) is 0 Å². The molecular formula is C19H27N5O5. The molecule has 1 aromatic carbocycles. The molecular weight excluding hydrogens is 378 g/mol. The maximum Gasteiger partial charge on any atom is 0.407 e. The third kappa shape index (κ3) is 4.42. The lowest BCUT2D eigenvalue weighted by atomic mass is 10.2. The number of alkyl carbamates (subject to hydrolysis) is 1. The van der Waals surface area contributed by atoms with Gasteiger partial charge in [-0.3, -0.25) is 10.1 Å². The molecule has 1 amide bonds. The standard InChI is InChI=1S/C19H27N5O5/c1-19(2,3)29-18(25)20-12-8-9-23(10-12)17-14(24(26)27)7-6-13-16(17)21-15(11-28-5)22(13)4/h6-7,12H,8-11H2,1-5H3,(H,20,25)/t12-/m0/s1. The van der Waals surface area contributed by atoms with Crippen molar-refractivity contribution in [3.05, 3.63) is 28.1 Å². The van der Waals surface area contributed by atoms with Crippen molar-refractivity contribution in [2.45, 2.75) is 45.4 Å². The van der Waals surface area contributed by atoms with Crippen molar-refractivity contribution >= 4 is 28.5 Å². The number of imidazole rings is 1. The van der Waals surface area contributed by atoms with Gasteiger partial charge >= 0.3 is 6.09 Å². The molecule has 1 aliphatic rings. The van der Waals surface area contributed by atoms with Gasteiger partial charge in [0.2, 0.25) is 0 Å². The Labute approximate surface area is 168 Å². The van der Waals surface area contributed by atoms with Gasteiger partial charge in [-0.1, -0.05) is 0 Å². The van der Waals surface area contributed by atoms with Crippen molar-refractivity contribution in [1.82, 2.24) is 14.9 Å².